The second-order valence-corrected chi connectivity index (χ2v) is 4.71. The summed E-state index contributed by atoms with van der Waals surface area (Å²) >= 11 is 0. The van der Waals surface area contributed by atoms with Crippen molar-refractivity contribution in [2.75, 3.05) is 0 Å². The average Bonchev–Trinajstić information content (AvgIpc) is 1.99. The van der Waals surface area contributed by atoms with Crippen LogP contribution in [-0.2, 0) is 4.79 Å². The normalized spacial score (nSPS) is 17.2. The number of hydrogen-bond donors (Lipinski definition) is 0. The number of ketones is 1. The van der Waals surface area contributed by atoms with Gasteiger partial charge in [-0.3, -0.25) is 4.79 Å². The Labute approximate surface area is 76.6 Å². The highest BCUT2D eigenvalue weighted by molar-refractivity contribution is 5.84. The summed E-state index contributed by atoms with van der Waals surface area (Å²) in [7, 11) is 0. The minimum absolute atomic E-state index is 0.0782. The zero-order valence-electron chi connectivity index (χ0n) is 9.32. The van der Waals surface area contributed by atoms with Crippen molar-refractivity contribution in [1.82, 2.24) is 0 Å². The highest BCUT2D eigenvalue weighted by Gasteiger charge is 2.40. The van der Waals surface area contributed by atoms with E-state index in [1.165, 1.54) is 0 Å². The molecule has 0 saturated carbocycles. The summed E-state index contributed by atoms with van der Waals surface area (Å²) in [5, 5.41) is 0. The average molecular weight is 170 g/mol. The molecule has 1 unspecified atom stereocenters. The van der Waals surface area contributed by atoms with Gasteiger partial charge in [0.2, 0.25) is 0 Å². The molecule has 0 spiro atoms. The first-order valence-corrected chi connectivity index (χ1v) is 4.83. The first-order valence-electron chi connectivity index (χ1n) is 4.83. The SMILES string of the molecule is CCC(=O)C(C)(CC)C(C)(C)C. The zero-order chi connectivity index (χ0) is 9.99. The van der Waals surface area contributed by atoms with Crippen LogP contribution in [0.15, 0.2) is 0 Å². The van der Waals surface area contributed by atoms with Crippen LogP contribution in [0.5, 0.6) is 0 Å². The number of carbonyl (C=O) groups is 1. The Morgan fingerprint density at radius 2 is 1.50 bits per heavy atom. The predicted octanol–water partition coefficient (Wildman–Crippen LogP) is 3.43. The van der Waals surface area contributed by atoms with Crippen molar-refractivity contribution in [3.63, 3.8) is 0 Å². The fourth-order valence-corrected chi connectivity index (χ4v) is 1.54. The lowest BCUT2D eigenvalue weighted by Crippen LogP contribution is -2.39. The van der Waals surface area contributed by atoms with Gasteiger partial charge in [-0.05, 0) is 11.8 Å². The van der Waals surface area contributed by atoms with E-state index in [4.69, 9.17) is 0 Å². The molecular formula is C11H22O. The molecule has 0 amide bonds. The van der Waals surface area contributed by atoms with Crippen molar-refractivity contribution in [3.8, 4) is 0 Å². The summed E-state index contributed by atoms with van der Waals surface area (Å²) in [6.07, 6.45) is 1.59. The van der Waals surface area contributed by atoms with Gasteiger partial charge in [0, 0.05) is 11.8 Å². The molecular weight excluding hydrogens is 148 g/mol. The van der Waals surface area contributed by atoms with E-state index in [1.54, 1.807) is 0 Å². The summed E-state index contributed by atoms with van der Waals surface area (Å²) in [4.78, 5) is 11.7. The molecule has 0 aromatic carbocycles. The summed E-state index contributed by atoms with van der Waals surface area (Å²) in [5.41, 5.74) is -0.0728. The molecule has 0 aromatic heterocycles. The number of carbonyl (C=O) groups excluding carboxylic acids is 1. The largest absolute Gasteiger partial charge is 0.299 e. The van der Waals surface area contributed by atoms with Crippen LogP contribution >= 0.6 is 0 Å². The maximum atomic E-state index is 11.7. The van der Waals surface area contributed by atoms with Crippen LogP contribution in [0, 0.1) is 10.8 Å². The molecule has 0 fully saturated rings. The third-order valence-corrected chi connectivity index (χ3v) is 3.30. The highest BCUT2D eigenvalue weighted by atomic mass is 16.1. The molecule has 1 atom stereocenters. The molecule has 0 N–H and O–H groups in total. The van der Waals surface area contributed by atoms with Crippen molar-refractivity contribution in [1.29, 1.82) is 0 Å². The van der Waals surface area contributed by atoms with Crippen molar-refractivity contribution >= 4 is 5.78 Å². The molecule has 0 rings (SSSR count). The van der Waals surface area contributed by atoms with Crippen LogP contribution in [-0.4, -0.2) is 5.78 Å². The van der Waals surface area contributed by atoms with Crippen LogP contribution in [0.4, 0.5) is 0 Å². The summed E-state index contributed by atoms with van der Waals surface area (Å²) in [6.45, 7) is 12.6. The number of hydrogen-bond acceptors (Lipinski definition) is 1. The van der Waals surface area contributed by atoms with E-state index in [0.29, 0.717) is 12.2 Å². The lowest BCUT2D eigenvalue weighted by molar-refractivity contribution is -0.133. The first kappa shape index (κ1) is 11.7. The third kappa shape index (κ3) is 1.88. The van der Waals surface area contributed by atoms with Crippen molar-refractivity contribution in [2.24, 2.45) is 10.8 Å². The summed E-state index contributed by atoms with van der Waals surface area (Å²) in [5.74, 6) is 0.387. The van der Waals surface area contributed by atoms with Crippen molar-refractivity contribution in [3.05, 3.63) is 0 Å². The second-order valence-electron chi connectivity index (χ2n) is 4.71. The van der Waals surface area contributed by atoms with Crippen molar-refractivity contribution in [2.45, 2.75) is 54.4 Å². The Morgan fingerprint density at radius 3 is 1.58 bits per heavy atom. The molecule has 0 saturated heterocycles. The minimum atomic E-state index is -0.151. The van der Waals surface area contributed by atoms with Crippen molar-refractivity contribution < 1.29 is 4.79 Å². The summed E-state index contributed by atoms with van der Waals surface area (Å²) in [6, 6.07) is 0. The molecule has 0 radical (unpaired) electrons. The monoisotopic (exact) mass is 170 g/mol. The Morgan fingerprint density at radius 1 is 1.08 bits per heavy atom. The fraction of sp³-hybridized carbons (Fsp3) is 0.909. The lowest BCUT2D eigenvalue weighted by atomic mass is 9.63. The Bertz CT molecular complexity index is 164. The quantitative estimate of drug-likeness (QED) is 0.634. The van der Waals surface area contributed by atoms with Crippen LogP contribution < -0.4 is 0 Å². The van der Waals surface area contributed by atoms with E-state index in [0.717, 1.165) is 6.42 Å². The Balaban J connectivity index is 4.80. The minimum Gasteiger partial charge on any atom is -0.299 e. The van der Waals surface area contributed by atoms with E-state index >= 15 is 0 Å². The van der Waals surface area contributed by atoms with Gasteiger partial charge < -0.3 is 0 Å². The van der Waals surface area contributed by atoms with E-state index in [2.05, 4.69) is 34.6 Å². The molecule has 1 heteroatoms. The van der Waals surface area contributed by atoms with Gasteiger partial charge in [-0.1, -0.05) is 41.5 Å². The van der Waals surface area contributed by atoms with Gasteiger partial charge in [-0.2, -0.15) is 0 Å². The molecule has 0 aliphatic rings. The van der Waals surface area contributed by atoms with Crippen LogP contribution in [0.3, 0.4) is 0 Å². The van der Waals surface area contributed by atoms with Crippen LogP contribution in [0.2, 0.25) is 0 Å². The molecule has 0 aliphatic carbocycles. The standard InChI is InChI=1S/C11H22O/c1-7-9(12)11(6,8-2)10(3,4)5/h7-8H2,1-6H3. The van der Waals surface area contributed by atoms with Crippen LogP contribution in [0.1, 0.15) is 54.4 Å². The predicted molar refractivity (Wildman–Crippen MR) is 53.2 cm³/mol. The van der Waals surface area contributed by atoms with E-state index < -0.39 is 0 Å². The third-order valence-electron chi connectivity index (χ3n) is 3.30. The van der Waals surface area contributed by atoms with E-state index in [9.17, 15) is 4.79 Å². The van der Waals surface area contributed by atoms with Gasteiger partial charge in [0.25, 0.3) is 0 Å². The molecule has 0 heterocycles. The van der Waals surface area contributed by atoms with Gasteiger partial charge >= 0.3 is 0 Å². The second kappa shape index (κ2) is 3.59. The van der Waals surface area contributed by atoms with Gasteiger partial charge in [-0.25, -0.2) is 0 Å². The number of rotatable bonds is 3. The molecule has 1 nitrogen and oxygen atoms in total. The van der Waals surface area contributed by atoms with Gasteiger partial charge in [-0.15, -0.1) is 0 Å². The highest BCUT2D eigenvalue weighted by Crippen LogP contribution is 2.42. The molecule has 0 aliphatic heterocycles. The molecule has 0 bridgehead atoms. The Kier molecular flexibility index (Phi) is 3.49. The van der Waals surface area contributed by atoms with Gasteiger partial charge in [0.1, 0.15) is 5.78 Å². The number of Topliss-reactive ketones (excluding diaryl/α,β-unsaturated/α-hetero) is 1. The molecule has 72 valence electrons. The maximum absolute atomic E-state index is 11.7. The topological polar surface area (TPSA) is 17.1 Å². The Hall–Kier alpha value is -0.330. The maximum Gasteiger partial charge on any atom is 0.138 e. The van der Waals surface area contributed by atoms with E-state index in [-0.39, 0.29) is 10.8 Å². The summed E-state index contributed by atoms with van der Waals surface area (Å²) < 4.78 is 0. The zero-order valence-corrected chi connectivity index (χ0v) is 9.32. The van der Waals surface area contributed by atoms with E-state index in [1.807, 2.05) is 6.92 Å². The lowest BCUT2D eigenvalue weighted by Gasteiger charge is -2.39. The molecule has 0 aromatic rings. The molecule has 12 heavy (non-hydrogen) atoms. The van der Waals surface area contributed by atoms with Gasteiger partial charge in [0.05, 0.1) is 0 Å². The smallest absolute Gasteiger partial charge is 0.138 e. The first-order chi connectivity index (χ1) is 5.29. The fourth-order valence-electron chi connectivity index (χ4n) is 1.54. The van der Waals surface area contributed by atoms with Gasteiger partial charge in [0.15, 0.2) is 0 Å². The van der Waals surface area contributed by atoms with Crippen LogP contribution in [0.25, 0.3) is 0 Å².